The van der Waals surface area contributed by atoms with E-state index in [0.717, 1.165) is 38.8 Å². The second-order valence-electron chi connectivity index (χ2n) is 5.34. The average Bonchev–Trinajstić information content (AvgIpc) is 2.36. The predicted molar refractivity (Wildman–Crippen MR) is 73.4 cm³/mol. The van der Waals surface area contributed by atoms with Crippen LogP contribution in [0.25, 0.3) is 0 Å². The van der Waals surface area contributed by atoms with E-state index in [2.05, 4.69) is 24.1 Å². The quantitative estimate of drug-likeness (QED) is 0.723. The third-order valence-electron chi connectivity index (χ3n) is 3.86. The molecule has 106 valence electrons. The summed E-state index contributed by atoms with van der Waals surface area (Å²) in [7, 11) is 0. The van der Waals surface area contributed by atoms with Crippen LogP contribution in [0.4, 0.5) is 0 Å². The van der Waals surface area contributed by atoms with Crippen molar-refractivity contribution in [3.63, 3.8) is 0 Å². The van der Waals surface area contributed by atoms with E-state index in [-0.39, 0.29) is 12.5 Å². The summed E-state index contributed by atoms with van der Waals surface area (Å²) in [6, 6.07) is 0.315. The van der Waals surface area contributed by atoms with Gasteiger partial charge in [-0.25, -0.2) is 0 Å². The van der Waals surface area contributed by atoms with Gasteiger partial charge in [-0.15, -0.1) is 0 Å². The highest BCUT2D eigenvalue weighted by molar-refractivity contribution is 5.78. The molecule has 1 rings (SSSR count). The van der Waals surface area contributed by atoms with Crippen LogP contribution in [0.1, 0.15) is 46.0 Å². The summed E-state index contributed by atoms with van der Waals surface area (Å²) in [6.45, 7) is 6.95. The van der Waals surface area contributed by atoms with Gasteiger partial charge in [0.2, 0.25) is 5.91 Å². The molecule has 1 heterocycles. The Balaban J connectivity index is 2.30. The number of amides is 1. The number of nitrogens with one attached hydrogen (secondary N) is 1. The minimum Gasteiger partial charge on any atom is -0.396 e. The highest BCUT2D eigenvalue weighted by Gasteiger charge is 2.21. The molecule has 1 fully saturated rings. The largest absolute Gasteiger partial charge is 0.396 e. The van der Waals surface area contributed by atoms with Crippen LogP contribution < -0.4 is 5.32 Å². The highest BCUT2D eigenvalue weighted by Crippen LogP contribution is 2.18. The molecule has 0 saturated carbocycles. The molecular formula is C14H28N2O2. The number of piperidine rings is 1. The van der Waals surface area contributed by atoms with Crippen LogP contribution >= 0.6 is 0 Å². The summed E-state index contributed by atoms with van der Waals surface area (Å²) >= 11 is 0. The van der Waals surface area contributed by atoms with Gasteiger partial charge in [0.1, 0.15) is 0 Å². The number of nitrogens with zero attached hydrogens (tertiary/aromatic N) is 1. The van der Waals surface area contributed by atoms with Crippen LogP contribution in [0.15, 0.2) is 0 Å². The van der Waals surface area contributed by atoms with E-state index in [1.165, 1.54) is 6.42 Å². The summed E-state index contributed by atoms with van der Waals surface area (Å²) in [5.74, 6) is 0.707. The molecule has 0 aliphatic carbocycles. The Bertz CT molecular complexity index is 240. The summed E-state index contributed by atoms with van der Waals surface area (Å²) < 4.78 is 0. The van der Waals surface area contributed by atoms with Gasteiger partial charge in [-0.1, -0.05) is 13.8 Å². The van der Waals surface area contributed by atoms with Gasteiger partial charge >= 0.3 is 0 Å². The molecule has 2 N–H and O–H groups in total. The molecule has 1 amide bonds. The number of aliphatic hydroxyl groups excluding tert-OH is 1. The molecule has 1 aliphatic rings. The Morgan fingerprint density at radius 2 is 2.17 bits per heavy atom. The van der Waals surface area contributed by atoms with Gasteiger partial charge in [-0.05, 0) is 44.6 Å². The standard InChI is InChI=1S/C14H28N2O2/c1-3-13(4-2)15-14(18)11-16-8-5-6-12(10-16)7-9-17/h12-13,17H,3-11H2,1-2H3,(H,15,18). The van der Waals surface area contributed by atoms with Crippen molar-refractivity contribution >= 4 is 5.91 Å². The minimum absolute atomic E-state index is 0.147. The fourth-order valence-electron chi connectivity index (χ4n) is 2.68. The van der Waals surface area contributed by atoms with Crippen LogP contribution in [-0.2, 0) is 4.79 Å². The lowest BCUT2D eigenvalue weighted by molar-refractivity contribution is -0.123. The van der Waals surface area contributed by atoms with Crippen molar-refractivity contribution in [3.8, 4) is 0 Å². The topological polar surface area (TPSA) is 52.6 Å². The Labute approximate surface area is 111 Å². The van der Waals surface area contributed by atoms with Crippen LogP contribution in [0.5, 0.6) is 0 Å². The molecule has 0 spiro atoms. The zero-order valence-corrected chi connectivity index (χ0v) is 11.8. The number of carbonyl (C=O) groups excluding carboxylic acids is 1. The number of rotatable bonds is 7. The van der Waals surface area contributed by atoms with Crippen molar-refractivity contribution in [2.24, 2.45) is 5.92 Å². The van der Waals surface area contributed by atoms with E-state index in [9.17, 15) is 4.79 Å². The van der Waals surface area contributed by atoms with Crippen molar-refractivity contribution in [1.29, 1.82) is 0 Å². The van der Waals surface area contributed by atoms with E-state index in [0.29, 0.717) is 18.5 Å². The lowest BCUT2D eigenvalue weighted by atomic mass is 9.95. The molecule has 1 aliphatic heterocycles. The van der Waals surface area contributed by atoms with Gasteiger partial charge in [-0.2, -0.15) is 0 Å². The Kier molecular flexibility index (Phi) is 7.28. The minimum atomic E-state index is 0.147. The van der Waals surface area contributed by atoms with Crippen LogP contribution in [-0.4, -0.2) is 48.2 Å². The predicted octanol–water partition coefficient (Wildman–Crippen LogP) is 1.39. The summed E-state index contributed by atoms with van der Waals surface area (Å²) in [5, 5.41) is 12.1. The zero-order chi connectivity index (χ0) is 13.4. The Morgan fingerprint density at radius 1 is 1.44 bits per heavy atom. The number of hydrogen-bond acceptors (Lipinski definition) is 3. The summed E-state index contributed by atoms with van der Waals surface area (Å²) in [4.78, 5) is 14.1. The first-order chi connectivity index (χ1) is 8.69. The second-order valence-corrected chi connectivity index (χ2v) is 5.34. The maximum Gasteiger partial charge on any atom is 0.234 e. The number of aliphatic hydroxyl groups is 1. The van der Waals surface area contributed by atoms with E-state index in [1.54, 1.807) is 0 Å². The lowest BCUT2D eigenvalue weighted by Crippen LogP contribution is -2.45. The lowest BCUT2D eigenvalue weighted by Gasteiger charge is -2.32. The zero-order valence-electron chi connectivity index (χ0n) is 11.8. The Hall–Kier alpha value is -0.610. The summed E-state index contributed by atoms with van der Waals surface area (Å²) in [6.07, 6.45) is 5.18. The molecule has 0 radical (unpaired) electrons. The van der Waals surface area contributed by atoms with Gasteiger partial charge in [0, 0.05) is 19.2 Å². The van der Waals surface area contributed by atoms with E-state index in [4.69, 9.17) is 5.11 Å². The number of hydrogen-bond donors (Lipinski definition) is 2. The fourth-order valence-corrected chi connectivity index (χ4v) is 2.68. The first-order valence-electron chi connectivity index (χ1n) is 7.32. The summed E-state index contributed by atoms with van der Waals surface area (Å²) in [5.41, 5.74) is 0. The van der Waals surface area contributed by atoms with Gasteiger partial charge in [0.25, 0.3) is 0 Å². The molecule has 1 unspecified atom stereocenters. The van der Waals surface area contributed by atoms with Gasteiger partial charge < -0.3 is 10.4 Å². The first-order valence-corrected chi connectivity index (χ1v) is 7.32. The normalized spacial score (nSPS) is 21.2. The number of likely N-dealkylation sites (tertiary alicyclic amines) is 1. The molecule has 0 aromatic carbocycles. The van der Waals surface area contributed by atoms with E-state index < -0.39 is 0 Å². The molecule has 1 atom stereocenters. The van der Waals surface area contributed by atoms with Gasteiger partial charge in [0.05, 0.1) is 6.54 Å². The maximum absolute atomic E-state index is 11.9. The molecule has 1 saturated heterocycles. The molecular weight excluding hydrogens is 228 g/mol. The SMILES string of the molecule is CCC(CC)NC(=O)CN1CCCC(CCO)C1. The van der Waals surface area contributed by atoms with Crippen molar-refractivity contribution in [3.05, 3.63) is 0 Å². The second kappa shape index (κ2) is 8.48. The van der Waals surface area contributed by atoms with Gasteiger partial charge in [-0.3, -0.25) is 9.69 Å². The van der Waals surface area contributed by atoms with Crippen LogP contribution in [0.3, 0.4) is 0 Å². The molecule has 18 heavy (non-hydrogen) atoms. The monoisotopic (exact) mass is 256 g/mol. The third kappa shape index (κ3) is 5.36. The first kappa shape index (κ1) is 15.4. The molecule has 0 aromatic rings. The number of carbonyl (C=O) groups is 1. The molecule has 0 bridgehead atoms. The van der Waals surface area contributed by atoms with Crippen LogP contribution in [0, 0.1) is 5.92 Å². The molecule has 4 heteroatoms. The molecule has 0 aromatic heterocycles. The highest BCUT2D eigenvalue weighted by atomic mass is 16.3. The molecule has 4 nitrogen and oxygen atoms in total. The van der Waals surface area contributed by atoms with E-state index in [1.807, 2.05) is 0 Å². The van der Waals surface area contributed by atoms with Crippen molar-refractivity contribution in [2.75, 3.05) is 26.2 Å². The van der Waals surface area contributed by atoms with Crippen LogP contribution in [0.2, 0.25) is 0 Å². The van der Waals surface area contributed by atoms with Crippen molar-refractivity contribution in [1.82, 2.24) is 10.2 Å². The smallest absolute Gasteiger partial charge is 0.234 e. The fraction of sp³-hybridized carbons (Fsp3) is 0.929. The Morgan fingerprint density at radius 3 is 2.78 bits per heavy atom. The van der Waals surface area contributed by atoms with Gasteiger partial charge in [0.15, 0.2) is 0 Å². The maximum atomic E-state index is 11.9. The van der Waals surface area contributed by atoms with E-state index >= 15 is 0 Å². The third-order valence-corrected chi connectivity index (χ3v) is 3.86. The average molecular weight is 256 g/mol. The van der Waals surface area contributed by atoms with Crippen molar-refractivity contribution in [2.45, 2.75) is 52.0 Å². The van der Waals surface area contributed by atoms with Crippen molar-refractivity contribution < 1.29 is 9.90 Å².